The van der Waals surface area contributed by atoms with Gasteiger partial charge in [0.05, 0.1) is 30.3 Å². The maximum atomic E-state index is 12.6. The lowest BCUT2D eigenvalue weighted by molar-refractivity contribution is 0.102. The first-order chi connectivity index (χ1) is 12.8. The van der Waals surface area contributed by atoms with E-state index in [9.17, 15) is 4.79 Å². The zero-order valence-electron chi connectivity index (χ0n) is 14.1. The monoisotopic (exact) mass is 350 g/mol. The molecule has 0 saturated carbocycles. The molecule has 132 valence electrons. The normalized spacial score (nSPS) is 14.2. The van der Waals surface area contributed by atoms with Crippen LogP contribution in [0.15, 0.2) is 54.9 Å². The second kappa shape index (κ2) is 7.32. The molecule has 1 amide bonds. The number of hydrogen-bond acceptors (Lipinski definition) is 6. The van der Waals surface area contributed by atoms with E-state index in [4.69, 9.17) is 4.74 Å². The Morgan fingerprint density at radius 1 is 1.04 bits per heavy atom. The minimum Gasteiger partial charge on any atom is -0.378 e. The molecule has 3 aromatic rings. The molecule has 8 heteroatoms. The minimum absolute atomic E-state index is 0.158. The van der Waals surface area contributed by atoms with E-state index in [0.29, 0.717) is 18.8 Å². The van der Waals surface area contributed by atoms with Gasteiger partial charge in [-0.1, -0.05) is 12.1 Å². The lowest BCUT2D eigenvalue weighted by Gasteiger charge is -2.30. The number of tetrazole rings is 1. The molecule has 1 saturated heterocycles. The van der Waals surface area contributed by atoms with Crippen molar-refractivity contribution in [1.29, 1.82) is 0 Å². The molecule has 0 radical (unpaired) electrons. The zero-order chi connectivity index (χ0) is 17.8. The molecule has 0 spiro atoms. The average molecular weight is 350 g/mol. The second-order valence-electron chi connectivity index (χ2n) is 5.87. The van der Waals surface area contributed by atoms with Gasteiger partial charge in [0, 0.05) is 18.7 Å². The second-order valence-corrected chi connectivity index (χ2v) is 5.87. The number of carbonyl (C=O) groups is 1. The number of morpholine rings is 1. The summed E-state index contributed by atoms with van der Waals surface area (Å²) in [7, 11) is 0. The SMILES string of the molecule is O=C(Nc1ccccc1N1CCOCC1)c1ccc(-n2cnnn2)cc1. The maximum Gasteiger partial charge on any atom is 0.255 e. The van der Waals surface area contributed by atoms with Gasteiger partial charge in [0.2, 0.25) is 0 Å². The van der Waals surface area contributed by atoms with E-state index in [1.807, 2.05) is 24.3 Å². The number of anilines is 2. The summed E-state index contributed by atoms with van der Waals surface area (Å²) in [6.45, 7) is 3.02. The molecule has 1 aliphatic rings. The topological polar surface area (TPSA) is 85.2 Å². The summed E-state index contributed by atoms with van der Waals surface area (Å²) in [5.74, 6) is -0.158. The number of aromatic nitrogens is 4. The van der Waals surface area contributed by atoms with Crippen molar-refractivity contribution in [3.8, 4) is 5.69 Å². The van der Waals surface area contributed by atoms with E-state index in [1.54, 1.807) is 24.3 Å². The van der Waals surface area contributed by atoms with Crippen LogP contribution in [0.3, 0.4) is 0 Å². The molecule has 26 heavy (non-hydrogen) atoms. The van der Waals surface area contributed by atoms with Gasteiger partial charge >= 0.3 is 0 Å². The summed E-state index contributed by atoms with van der Waals surface area (Å²) in [4.78, 5) is 14.9. The smallest absolute Gasteiger partial charge is 0.255 e. The third-order valence-corrected chi connectivity index (χ3v) is 4.25. The number of nitrogens with zero attached hydrogens (tertiary/aromatic N) is 5. The van der Waals surface area contributed by atoms with E-state index in [1.165, 1.54) is 11.0 Å². The first kappa shape index (κ1) is 16.2. The number of ether oxygens (including phenoxy) is 1. The van der Waals surface area contributed by atoms with Crippen molar-refractivity contribution < 1.29 is 9.53 Å². The van der Waals surface area contributed by atoms with E-state index >= 15 is 0 Å². The van der Waals surface area contributed by atoms with E-state index in [-0.39, 0.29) is 5.91 Å². The lowest BCUT2D eigenvalue weighted by atomic mass is 10.1. The van der Waals surface area contributed by atoms with Crippen molar-refractivity contribution in [2.24, 2.45) is 0 Å². The Morgan fingerprint density at radius 3 is 2.54 bits per heavy atom. The first-order valence-corrected chi connectivity index (χ1v) is 8.38. The molecule has 0 bridgehead atoms. The number of nitrogens with one attached hydrogen (secondary N) is 1. The highest BCUT2D eigenvalue weighted by Gasteiger charge is 2.16. The molecule has 1 aliphatic heterocycles. The van der Waals surface area contributed by atoms with Gasteiger partial charge in [-0.15, -0.1) is 5.10 Å². The van der Waals surface area contributed by atoms with Gasteiger partial charge in [-0.05, 0) is 46.8 Å². The van der Waals surface area contributed by atoms with Crippen LogP contribution in [0.4, 0.5) is 11.4 Å². The number of benzene rings is 2. The van der Waals surface area contributed by atoms with Crippen LogP contribution in [0.2, 0.25) is 0 Å². The van der Waals surface area contributed by atoms with Crippen LogP contribution < -0.4 is 10.2 Å². The summed E-state index contributed by atoms with van der Waals surface area (Å²) >= 11 is 0. The maximum absolute atomic E-state index is 12.6. The van der Waals surface area contributed by atoms with Crippen LogP contribution in [0, 0.1) is 0 Å². The number of hydrogen-bond donors (Lipinski definition) is 1. The largest absolute Gasteiger partial charge is 0.378 e. The molecule has 8 nitrogen and oxygen atoms in total. The molecule has 2 aromatic carbocycles. The van der Waals surface area contributed by atoms with Crippen molar-refractivity contribution in [3.63, 3.8) is 0 Å². The third kappa shape index (κ3) is 3.40. The number of para-hydroxylation sites is 2. The zero-order valence-corrected chi connectivity index (χ0v) is 14.1. The van der Waals surface area contributed by atoms with Crippen molar-refractivity contribution in [2.45, 2.75) is 0 Å². The van der Waals surface area contributed by atoms with Crippen molar-refractivity contribution in [3.05, 3.63) is 60.4 Å². The van der Waals surface area contributed by atoms with Crippen LogP contribution in [-0.4, -0.2) is 52.4 Å². The standard InChI is InChI=1S/C18H18N6O2/c25-18(14-5-7-15(8-6-14)24-13-19-21-22-24)20-16-3-1-2-4-17(16)23-9-11-26-12-10-23/h1-8,13H,9-12H2,(H,20,25). The van der Waals surface area contributed by atoms with Crippen LogP contribution in [0.5, 0.6) is 0 Å². The van der Waals surface area contributed by atoms with Crippen LogP contribution in [0.25, 0.3) is 5.69 Å². The van der Waals surface area contributed by atoms with Gasteiger partial charge in [0.1, 0.15) is 6.33 Å². The van der Waals surface area contributed by atoms with Gasteiger partial charge in [-0.25, -0.2) is 4.68 Å². The third-order valence-electron chi connectivity index (χ3n) is 4.25. The fourth-order valence-corrected chi connectivity index (χ4v) is 2.90. The summed E-state index contributed by atoms with van der Waals surface area (Å²) in [5, 5.41) is 14.1. The minimum atomic E-state index is -0.158. The fourth-order valence-electron chi connectivity index (χ4n) is 2.90. The van der Waals surface area contributed by atoms with Gasteiger partial charge < -0.3 is 15.0 Å². The Morgan fingerprint density at radius 2 is 1.81 bits per heavy atom. The van der Waals surface area contributed by atoms with Crippen molar-refractivity contribution in [2.75, 3.05) is 36.5 Å². The summed E-state index contributed by atoms with van der Waals surface area (Å²) < 4.78 is 6.95. The molecule has 1 aromatic heterocycles. The highest BCUT2D eigenvalue weighted by Crippen LogP contribution is 2.26. The van der Waals surface area contributed by atoms with E-state index in [0.717, 1.165) is 30.2 Å². The molecule has 2 heterocycles. The highest BCUT2D eigenvalue weighted by atomic mass is 16.5. The number of rotatable bonds is 4. The van der Waals surface area contributed by atoms with Crippen molar-refractivity contribution in [1.82, 2.24) is 20.2 Å². The van der Waals surface area contributed by atoms with Gasteiger partial charge in [0.25, 0.3) is 5.91 Å². The molecule has 0 aliphatic carbocycles. The molecule has 1 fully saturated rings. The highest BCUT2D eigenvalue weighted by molar-refractivity contribution is 6.06. The van der Waals surface area contributed by atoms with Crippen LogP contribution >= 0.6 is 0 Å². The lowest BCUT2D eigenvalue weighted by Crippen LogP contribution is -2.36. The van der Waals surface area contributed by atoms with E-state index < -0.39 is 0 Å². The quantitative estimate of drug-likeness (QED) is 0.772. The van der Waals surface area contributed by atoms with Gasteiger partial charge in [-0.2, -0.15) is 0 Å². The Labute approximate surface area is 150 Å². The average Bonchev–Trinajstić information content (AvgIpc) is 3.24. The summed E-state index contributed by atoms with van der Waals surface area (Å²) in [6.07, 6.45) is 1.51. The molecule has 4 rings (SSSR count). The fraction of sp³-hybridized carbons (Fsp3) is 0.222. The molecule has 0 atom stereocenters. The Hall–Kier alpha value is -3.26. The van der Waals surface area contributed by atoms with Crippen LogP contribution in [0.1, 0.15) is 10.4 Å². The number of carbonyl (C=O) groups excluding carboxylic acids is 1. The number of amides is 1. The van der Waals surface area contributed by atoms with E-state index in [2.05, 4.69) is 25.7 Å². The van der Waals surface area contributed by atoms with Gasteiger partial charge in [-0.3, -0.25) is 4.79 Å². The Bertz CT molecular complexity index is 873. The predicted molar refractivity (Wildman–Crippen MR) is 96.6 cm³/mol. The van der Waals surface area contributed by atoms with Crippen molar-refractivity contribution >= 4 is 17.3 Å². The summed E-state index contributed by atoms with van der Waals surface area (Å²) in [5.41, 5.74) is 3.16. The Balaban J connectivity index is 1.51. The summed E-state index contributed by atoms with van der Waals surface area (Å²) in [6, 6.07) is 14.9. The molecule has 0 unspecified atom stereocenters. The molecule has 1 N–H and O–H groups in total. The molecular formula is C18H18N6O2. The first-order valence-electron chi connectivity index (χ1n) is 8.38. The van der Waals surface area contributed by atoms with Crippen LogP contribution in [-0.2, 0) is 4.74 Å². The van der Waals surface area contributed by atoms with Gasteiger partial charge in [0.15, 0.2) is 0 Å². The predicted octanol–water partition coefficient (Wildman–Crippen LogP) is 1.75. The Kier molecular flexibility index (Phi) is 4.57. The molecular weight excluding hydrogens is 332 g/mol.